The first kappa shape index (κ1) is 17.4. The topological polar surface area (TPSA) is 106 Å². The van der Waals surface area contributed by atoms with Crippen LogP contribution in [-0.2, 0) is 16.1 Å². The van der Waals surface area contributed by atoms with E-state index in [0.717, 1.165) is 4.68 Å². The number of benzene rings is 1. The van der Waals surface area contributed by atoms with Gasteiger partial charge in [0.2, 0.25) is 17.7 Å². The molecule has 0 radical (unpaired) electrons. The molecule has 2 aromatic rings. The van der Waals surface area contributed by atoms with Gasteiger partial charge in [0.05, 0.1) is 6.54 Å². The third kappa shape index (κ3) is 4.77. The van der Waals surface area contributed by atoms with Crippen molar-refractivity contribution in [1.82, 2.24) is 20.4 Å². The maximum atomic E-state index is 12.9. The van der Waals surface area contributed by atoms with Crippen LogP contribution in [0.5, 0.6) is 0 Å². The molecule has 2 rings (SSSR count). The van der Waals surface area contributed by atoms with Gasteiger partial charge in [-0.15, -0.1) is 5.10 Å². The minimum atomic E-state index is -0.823. The maximum absolute atomic E-state index is 12.9. The van der Waals surface area contributed by atoms with Crippen molar-refractivity contribution in [2.75, 3.05) is 6.54 Å². The largest absolute Gasteiger partial charge is 0.437 e. The number of hydrogen-bond acceptors (Lipinski definition) is 5. The van der Waals surface area contributed by atoms with Gasteiger partial charge in [-0.05, 0) is 38.1 Å². The molecule has 1 aromatic carbocycles. The third-order valence-electron chi connectivity index (χ3n) is 2.89. The summed E-state index contributed by atoms with van der Waals surface area (Å²) in [6, 6.07) is 5.18. The second kappa shape index (κ2) is 7.53. The summed E-state index contributed by atoms with van der Waals surface area (Å²) < 4.78 is 18.6. The van der Waals surface area contributed by atoms with E-state index < -0.39 is 24.0 Å². The molecule has 0 saturated heterocycles. The van der Waals surface area contributed by atoms with Crippen LogP contribution in [0.4, 0.5) is 4.39 Å². The van der Waals surface area contributed by atoms with Gasteiger partial charge < -0.3 is 15.1 Å². The van der Waals surface area contributed by atoms with Crippen LogP contribution in [0.25, 0.3) is 11.5 Å². The number of rotatable bonds is 6. The highest BCUT2D eigenvalue weighted by molar-refractivity contribution is 5.84. The summed E-state index contributed by atoms with van der Waals surface area (Å²) in [7, 11) is 0. The monoisotopic (exact) mass is 336 g/mol. The Kier molecular flexibility index (Phi) is 5.46. The predicted octanol–water partition coefficient (Wildman–Crippen LogP) is 0.283. The third-order valence-corrected chi connectivity index (χ3v) is 2.89. The fourth-order valence-corrected chi connectivity index (χ4v) is 1.86. The summed E-state index contributed by atoms with van der Waals surface area (Å²) >= 11 is 0. The minimum Gasteiger partial charge on any atom is -0.388 e. The van der Waals surface area contributed by atoms with Crippen LogP contribution in [0.15, 0.2) is 33.5 Å². The van der Waals surface area contributed by atoms with Gasteiger partial charge in [-0.1, -0.05) is 0 Å². The molecular weight excluding hydrogens is 319 g/mol. The van der Waals surface area contributed by atoms with Crippen LogP contribution < -0.4 is 16.4 Å². The van der Waals surface area contributed by atoms with E-state index in [9.17, 15) is 18.8 Å². The molecule has 0 fully saturated rings. The van der Waals surface area contributed by atoms with Crippen molar-refractivity contribution in [3.05, 3.63) is 40.6 Å². The smallest absolute Gasteiger partial charge is 0.388 e. The molecule has 0 bridgehead atoms. The average Bonchev–Trinajstić information content (AvgIpc) is 2.86. The minimum absolute atomic E-state index is 0.0228. The van der Waals surface area contributed by atoms with Gasteiger partial charge in [-0.3, -0.25) is 9.59 Å². The number of halogens is 1. The normalized spacial score (nSPS) is 10.7. The summed E-state index contributed by atoms with van der Waals surface area (Å²) in [5, 5.41) is 8.87. The molecule has 8 nitrogen and oxygen atoms in total. The molecule has 9 heteroatoms. The Hall–Kier alpha value is -2.97. The van der Waals surface area contributed by atoms with Gasteiger partial charge in [0.15, 0.2) is 0 Å². The van der Waals surface area contributed by atoms with Crippen molar-refractivity contribution in [2.24, 2.45) is 0 Å². The highest BCUT2D eigenvalue weighted by Crippen LogP contribution is 2.15. The van der Waals surface area contributed by atoms with Crippen LogP contribution in [0.2, 0.25) is 0 Å². The fourth-order valence-electron chi connectivity index (χ4n) is 1.86. The van der Waals surface area contributed by atoms with Gasteiger partial charge in [-0.2, -0.15) is 4.68 Å². The Morgan fingerprint density at radius 2 is 1.92 bits per heavy atom. The van der Waals surface area contributed by atoms with E-state index in [-0.39, 0.29) is 24.4 Å². The molecular formula is C15H17FN4O4. The van der Waals surface area contributed by atoms with E-state index in [2.05, 4.69) is 15.7 Å². The molecule has 0 saturated carbocycles. The Morgan fingerprint density at radius 1 is 1.25 bits per heavy atom. The van der Waals surface area contributed by atoms with Crippen LogP contribution in [0, 0.1) is 5.82 Å². The fraction of sp³-hybridized carbons (Fsp3) is 0.333. The zero-order chi connectivity index (χ0) is 17.7. The first-order chi connectivity index (χ1) is 11.3. The maximum Gasteiger partial charge on any atom is 0.437 e. The molecule has 2 amide bonds. The Bertz CT molecular complexity index is 780. The van der Waals surface area contributed by atoms with Crippen molar-refractivity contribution in [2.45, 2.75) is 26.4 Å². The Labute approximate surface area is 136 Å². The molecule has 0 atom stereocenters. The van der Waals surface area contributed by atoms with Crippen LogP contribution in [-0.4, -0.2) is 34.2 Å². The standard InChI is InChI=1S/C15H17FN4O4/c1-9(2)18-12(21)7-17-13(22)8-20-15(23)24-14(19-20)10-3-5-11(16)6-4-10/h3-6,9H,7-8H2,1-2H3,(H,17,22)(H,18,21). The molecule has 24 heavy (non-hydrogen) atoms. The van der Waals surface area contributed by atoms with Crippen molar-refractivity contribution < 1.29 is 18.4 Å². The quantitative estimate of drug-likeness (QED) is 0.788. The molecule has 0 spiro atoms. The molecule has 0 aliphatic carbocycles. The number of nitrogens with zero attached hydrogens (tertiary/aromatic N) is 2. The van der Waals surface area contributed by atoms with Crippen LogP contribution in [0.3, 0.4) is 0 Å². The van der Waals surface area contributed by atoms with Crippen molar-refractivity contribution in [3.63, 3.8) is 0 Å². The Balaban J connectivity index is 1.98. The first-order valence-electron chi connectivity index (χ1n) is 7.25. The SMILES string of the molecule is CC(C)NC(=O)CNC(=O)Cn1nc(-c2ccc(F)cc2)oc1=O. The zero-order valence-electron chi connectivity index (χ0n) is 13.2. The van der Waals surface area contributed by atoms with Gasteiger partial charge in [0, 0.05) is 11.6 Å². The highest BCUT2D eigenvalue weighted by Gasteiger charge is 2.14. The van der Waals surface area contributed by atoms with Crippen LogP contribution >= 0.6 is 0 Å². The number of carbonyl (C=O) groups is 2. The summed E-state index contributed by atoms with van der Waals surface area (Å²) in [6.07, 6.45) is 0. The van der Waals surface area contributed by atoms with Gasteiger partial charge in [-0.25, -0.2) is 9.18 Å². The Morgan fingerprint density at radius 3 is 2.54 bits per heavy atom. The van der Waals surface area contributed by atoms with E-state index in [1.165, 1.54) is 24.3 Å². The molecule has 1 aromatic heterocycles. The van der Waals surface area contributed by atoms with E-state index in [0.29, 0.717) is 5.56 Å². The van der Waals surface area contributed by atoms with Crippen LogP contribution in [0.1, 0.15) is 13.8 Å². The first-order valence-corrected chi connectivity index (χ1v) is 7.25. The molecule has 2 N–H and O–H groups in total. The highest BCUT2D eigenvalue weighted by atomic mass is 19.1. The second-order valence-corrected chi connectivity index (χ2v) is 5.34. The number of aromatic nitrogens is 2. The number of hydrogen-bond donors (Lipinski definition) is 2. The lowest BCUT2D eigenvalue weighted by Crippen LogP contribution is -2.41. The molecule has 128 valence electrons. The second-order valence-electron chi connectivity index (χ2n) is 5.34. The lowest BCUT2D eigenvalue weighted by molar-refractivity contribution is -0.126. The van der Waals surface area contributed by atoms with Crippen molar-refractivity contribution >= 4 is 11.8 Å². The zero-order valence-corrected chi connectivity index (χ0v) is 13.2. The van der Waals surface area contributed by atoms with Gasteiger partial charge >= 0.3 is 5.76 Å². The summed E-state index contributed by atoms with van der Waals surface area (Å²) in [4.78, 5) is 34.9. The molecule has 0 unspecified atom stereocenters. The number of amides is 2. The van der Waals surface area contributed by atoms with E-state index in [1.807, 2.05) is 0 Å². The summed E-state index contributed by atoms with van der Waals surface area (Å²) in [5.41, 5.74) is 0.406. The number of carbonyl (C=O) groups excluding carboxylic acids is 2. The van der Waals surface area contributed by atoms with Crippen molar-refractivity contribution in [3.8, 4) is 11.5 Å². The number of nitrogens with one attached hydrogen (secondary N) is 2. The lowest BCUT2D eigenvalue weighted by atomic mass is 10.2. The molecule has 0 aliphatic heterocycles. The van der Waals surface area contributed by atoms with E-state index in [1.54, 1.807) is 13.8 Å². The van der Waals surface area contributed by atoms with E-state index >= 15 is 0 Å². The summed E-state index contributed by atoms with van der Waals surface area (Å²) in [6.45, 7) is 3.00. The molecule has 0 aliphatic rings. The van der Waals surface area contributed by atoms with Gasteiger partial charge in [0.1, 0.15) is 12.4 Å². The molecule has 1 heterocycles. The van der Waals surface area contributed by atoms with E-state index in [4.69, 9.17) is 4.42 Å². The predicted molar refractivity (Wildman–Crippen MR) is 82.4 cm³/mol. The van der Waals surface area contributed by atoms with Crippen molar-refractivity contribution in [1.29, 1.82) is 0 Å². The lowest BCUT2D eigenvalue weighted by Gasteiger charge is -2.08. The van der Waals surface area contributed by atoms with Gasteiger partial charge in [0.25, 0.3) is 0 Å². The summed E-state index contributed by atoms with van der Waals surface area (Å²) in [5.74, 6) is -2.17. The average molecular weight is 336 g/mol.